The number of rotatable bonds is 2. The molecular weight excluding hydrogens is 316 g/mol. The highest BCUT2D eigenvalue weighted by Gasteiger charge is 2.47. The van der Waals surface area contributed by atoms with Gasteiger partial charge in [-0.3, -0.25) is 4.79 Å². The van der Waals surface area contributed by atoms with Crippen LogP contribution in [0.2, 0.25) is 0 Å². The average molecular weight is 338 g/mol. The van der Waals surface area contributed by atoms with Crippen molar-refractivity contribution >= 4 is 5.97 Å². The number of fused-ring (bicyclic) bond motifs is 3. The Morgan fingerprint density at radius 1 is 0.880 bits per heavy atom. The Morgan fingerprint density at radius 2 is 1.56 bits per heavy atom. The zero-order valence-corrected chi connectivity index (χ0v) is 13.9. The zero-order chi connectivity index (χ0) is 17.6. The molecule has 3 N–H and O–H groups in total. The van der Waals surface area contributed by atoms with Crippen molar-refractivity contribution in [3.8, 4) is 11.5 Å². The summed E-state index contributed by atoms with van der Waals surface area (Å²) in [6, 6.07) is 12.1. The van der Waals surface area contributed by atoms with E-state index < -0.39 is 11.9 Å². The van der Waals surface area contributed by atoms with Crippen LogP contribution in [0.3, 0.4) is 0 Å². The summed E-state index contributed by atoms with van der Waals surface area (Å²) in [5.41, 5.74) is 2.81. The fraction of sp³-hybridized carbons (Fsp3) is 0.381. The first kappa shape index (κ1) is 16.0. The van der Waals surface area contributed by atoms with E-state index in [0.717, 1.165) is 42.4 Å². The number of benzene rings is 2. The first-order chi connectivity index (χ1) is 12.1. The van der Waals surface area contributed by atoms with E-state index in [9.17, 15) is 20.1 Å². The molecule has 4 rings (SSSR count). The van der Waals surface area contributed by atoms with Gasteiger partial charge in [0, 0.05) is 5.92 Å². The van der Waals surface area contributed by atoms with Crippen LogP contribution in [0.5, 0.6) is 11.5 Å². The molecule has 0 aromatic heterocycles. The van der Waals surface area contributed by atoms with Gasteiger partial charge in [-0.1, -0.05) is 31.0 Å². The summed E-state index contributed by atoms with van der Waals surface area (Å²) in [5, 5.41) is 29.6. The molecular formula is C21H22O4. The highest BCUT2D eigenvalue weighted by molar-refractivity contribution is 5.79. The van der Waals surface area contributed by atoms with Crippen molar-refractivity contribution < 1.29 is 20.1 Å². The normalized spacial score (nSPS) is 28.0. The molecule has 0 saturated heterocycles. The number of aromatic hydroxyl groups is 2. The number of carboxylic acid groups (broad SMARTS) is 1. The summed E-state index contributed by atoms with van der Waals surface area (Å²) in [5.74, 6) is -0.639. The van der Waals surface area contributed by atoms with E-state index in [0.29, 0.717) is 0 Å². The number of carboxylic acids is 1. The van der Waals surface area contributed by atoms with Gasteiger partial charge in [-0.25, -0.2) is 0 Å². The van der Waals surface area contributed by atoms with Crippen LogP contribution in [0, 0.1) is 5.92 Å². The first-order valence-electron chi connectivity index (χ1n) is 8.91. The number of phenols is 2. The molecule has 0 spiro atoms. The zero-order valence-electron chi connectivity index (χ0n) is 13.9. The highest BCUT2D eigenvalue weighted by Crippen LogP contribution is 2.56. The van der Waals surface area contributed by atoms with Crippen molar-refractivity contribution in [2.45, 2.75) is 43.4 Å². The van der Waals surface area contributed by atoms with Gasteiger partial charge in [-0.15, -0.1) is 0 Å². The van der Waals surface area contributed by atoms with Crippen molar-refractivity contribution in [1.82, 2.24) is 0 Å². The summed E-state index contributed by atoms with van der Waals surface area (Å²) >= 11 is 0. The maximum Gasteiger partial charge on any atom is 0.311 e. The van der Waals surface area contributed by atoms with Crippen molar-refractivity contribution in [2.24, 2.45) is 5.92 Å². The highest BCUT2D eigenvalue weighted by atomic mass is 16.4. The van der Waals surface area contributed by atoms with E-state index in [1.807, 2.05) is 12.1 Å². The molecule has 0 heterocycles. The first-order valence-corrected chi connectivity index (χ1v) is 8.91. The van der Waals surface area contributed by atoms with Crippen molar-refractivity contribution in [1.29, 1.82) is 0 Å². The van der Waals surface area contributed by atoms with Gasteiger partial charge in [0.2, 0.25) is 0 Å². The number of phenolic OH excluding ortho intramolecular Hbond substituents is 2. The Labute approximate surface area is 146 Å². The van der Waals surface area contributed by atoms with E-state index >= 15 is 0 Å². The summed E-state index contributed by atoms with van der Waals surface area (Å²) in [4.78, 5) is 12.2. The maximum atomic E-state index is 12.2. The second-order valence-electron chi connectivity index (χ2n) is 7.30. The fourth-order valence-electron chi connectivity index (χ4n) is 5.01. The van der Waals surface area contributed by atoms with Gasteiger partial charge in [0.25, 0.3) is 0 Å². The Balaban J connectivity index is 1.90. The molecule has 4 heteroatoms. The standard InChI is InChI=1S/C21H22O4/c22-13-7-5-12(6-8-13)19-16-4-2-1-3-15(16)18-11-14(23)9-10-17(18)20(19)21(24)25/h5-11,15-16,19-20,22-23H,1-4H2,(H,24,25)/t15-,16+,19+,20+/m1/s1. The number of hydrogen-bond acceptors (Lipinski definition) is 3. The molecule has 4 nitrogen and oxygen atoms in total. The van der Waals surface area contributed by atoms with Gasteiger partial charge in [0.05, 0.1) is 5.92 Å². The molecule has 0 amide bonds. The van der Waals surface area contributed by atoms with Gasteiger partial charge < -0.3 is 15.3 Å². The van der Waals surface area contributed by atoms with Crippen LogP contribution in [0.25, 0.3) is 0 Å². The molecule has 130 valence electrons. The molecule has 2 aromatic carbocycles. The Hall–Kier alpha value is -2.49. The average Bonchev–Trinajstić information content (AvgIpc) is 2.61. The van der Waals surface area contributed by atoms with Crippen molar-refractivity contribution in [3.05, 3.63) is 59.2 Å². The molecule has 0 radical (unpaired) electrons. The molecule has 1 saturated carbocycles. The largest absolute Gasteiger partial charge is 0.508 e. The molecule has 1 fully saturated rings. The van der Waals surface area contributed by atoms with Crippen LogP contribution in [0.1, 0.15) is 60.1 Å². The molecule has 4 atom stereocenters. The second-order valence-corrected chi connectivity index (χ2v) is 7.30. The van der Waals surface area contributed by atoms with Crippen LogP contribution in [0.15, 0.2) is 42.5 Å². The predicted octanol–water partition coefficient (Wildman–Crippen LogP) is 4.34. The van der Waals surface area contributed by atoms with Crippen LogP contribution in [0.4, 0.5) is 0 Å². The summed E-state index contributed by atoms with van der Waals surface area (Å²) in [6.07, 6.45) is 4.27. The van der Waals surface area contributed by atoms with Crippen molar-refractivity contribution in [2.75, 3.05) is 0 Å². The quantitative estimate of drug-likeness (QED) is 0.761. The van der Waals surface area contributed by atoms with E-state index in [2.05, 4.69) is 0 Å². The molecule has 0 unspecified atom stereocenters. The summed E-state index contributed by atoms with van der Waals surface area (Å²) < 4.78 is 0. The Bertz CT molecular complexity index is 796. The second kappa shape index (κ2) is 6.10. The Morgan fingerprint density at radius 3 is 2.28 bits per heavy atom. The number of hydrogen-bond donors (Lipinski definition) is 3. The van der Waals surface area contributed by atoms with Crippen molar-refractivity contribution in [3.63, 3.8) is 0 Å². The van der Waals surface area contributed by atoms with Gasteiger partial charge >= 0.3 is 5.97 Å². The lowest BCUT2D eigenvalue weighted by Crippen LogP contribution is -2.37. The number of aliphatic carboxylic acids is 1. The van der Waals surface area contributed by atoms with E-state index in [1.54, 1.807) is 30.3 Å². The van der Waals surface area contributed by atoms with E-state index in [4.69, 9.17) is 0 Å². The minimum Gasteiger partial charge on any atom is -0.508 e. The Kier molecular flexibility index (Phi) is 3.91. The van der Waals surface area contributed by atoms with E-state index in [1.165, 1.54) is 0 Å². The SMILES string of the molecule is O=C(O)[C@H]1c2ccc(O)cc2[C@@H]2CCCC[C@@H]2[C@@H]1c1ccc(O)cc1. The smallest absolute Gasteiger partial charge is 0.311 e. The van der Waals surface area contributed by atoms with Gasteiger partial charge in [-0.05, 0) is 65.6 Å². The van der Waals surface area contributed by atoms with E-state index in [-0.39, 0.29) is 29.3 Å². The van der Waals surface area contributed by atoms with Gasteiger partial charge in [0.1, 0.15) is 11.5 Å². The minimum absolute atomic E-state index is 0.111. The lowest BCUT2D eigenvalue weighted by Gasteiger charge is -2.46. The molecule has 0 bridgehead atoms. The van der Waals surface area contributed by atoms with Crippen LogP contribution in [-0.4, -0.2) is 21.3 Å². The molecule has 25 heavy (non-hydrogen) atoms. The summed E-state index contributed by atoms with van der Waals surface area (Å²) in [6.45, 7) is 0. The lowest BCUT2D eigenvalue weighted by molar-refractivity contribution is -0.140. The third-order valence-electron chi connectivity index (χ3n) is 5.99. The van der Waals surface area contributed by atoms with Gasteiger partial charge in [0.15, 0.2) is 0 Å². The van der Waals surface area contributed by atoms with Crippen LogP contribution < -0.4 is 0 Å². The third-order valence-corrected chi connectivity index (χ3v) is 5.99. The van der Waals surface area contributed by atoms with Gasteiger partial charge in [-0.2, -0.15) is 0 Å². The fourth-order valence-corrected chi connectivity index (χ4v) is 5.01. The summed E-state index contributed by atoms with van der Waals surface area (Å²) in [7, 11) is 0. The minimum atomic E-state index is -0.825. The molecule has 2 aliphatic carbocycles. The predicted molar refractivity (Wildman–Crippen MR) is 94.0 cm³/mol. The topological polar surface area (TPSA) is 77.8 Å². The monoisotopic (exact) mass is 338 g/mol. The maximum absolute atomic E-state index is 12.2. The number of carbonyl (C=O) groups is 1. The lowest BCUT2D eigenvalue weighted by atomic mass is 9.57. The molecule has 2 aromatic rings. The molecule has 0 aliphatic heterocycles. The van der Waals surface area contributed by atoms with Crippen LogP contribution in [-0.2, 0) is 4.79 Å². The van der Waals surface area contributed by atoms with Crippen LogP contribution >= 0.6 is 0 Å². The molecule has 2 aliphatic rings. The third kappa shape index (κ3) is 2.66.